The van der Waals surface area contributed by atoms with E-state index in [1.54, 1.807) is 13.2 Å². The molecule has 0 aliphatic carbocycles. The van der Waals surface area contributed by atoms with Gasteiger partial charge in [0.1, 0.15) is 5.75 Å². The van der Waals surface area contributed by atoms with Crippen LogP contribution in [0.5, 0.6) is 5.75 Å². The topological polar surface area (TPSA) is 76.1 Å². The number of hydrogen-bond acceptors (Lipinski definition) is 5. The Morgan fingerprint density at radius 1 is 1.11 bits per heavy atom. The SMILES string of the molecule is COc1cc(Cl)c(C)cc1Nc1ncc(C(=O)NCc2ccc(C)cc2)cn1. The molecule has 7 heteroatoms. The number of carbonyl (C=O) groups is 1. The third-order valence-corrected chi connectivity index (χ3v) is 4.62. The second kappa shape index (κ2) is 8.71. The Hall–Kier alpha value is -3.12. The molecule has 1 heterocycles. The molecule has 0 saturated carbocycles. The van der Waals surface area contributed by atoms with Crippen LogP contribution in [0.2, 0.25) is 5.02 Å². The molecular formula is C21H21ClN4O2. The van der Waals surface area contributed by atoms with Gasteiger partial charge in [-0.15, -0.1) is 0 Å². The maximum atomic E-state index is 12.3. The van der Waals surface area contributed by atoms with Gasteiger partial charge in [0.05, 0.1) is 18.4 Å². The molecule has 2 N–H and O–H groups in total. The van der Waals surface area contributed by atoms with E-state index < -0.39 is 0 Å². The fourth-order valence-electron chi connectivity index (χ4n) is 2.55. The van der Waals surface area contributed by atoms with E-state index in [1.807, 2.05) is 44.2 Å². The fraction of sp³-hybridized carbons (Fsp3) is 0.190. The van der Waals surface area contributed by atoms with Crippen molar-refractivity contribution >= 4 is 29.1 Å². The Labute approximate surface area is 168 Å². The zero-order valence-electron chi connectivity index (χ0n) is 15.9. The van der Waals surface area contributed by atoms with Crippen molar-refractivity contribution in [1.29, 1.82) is 0 Å². The molecule has 6 nitrogen and oxygen atoms in total. The van der Waals surface area contributed by atoms with Crippen LogP contribution in [0.4, 0.5) is 11.6 Å². The van der Waals surface area contributed by atoms with E-state index in [0.717, 1.165) is 11.1 Å². The minimum atomic E-state index is -0.230. The van der Waals surface area contributed by atoms with Crippen molar-refractivity contribution in [3.63, 3.8) is 0 Å². The number of aryl methyl sites for hydroxylation is 2. The molecule has 28 heavy (non-hydrogen) atoms. The Kier molecular flexibility index (Phi) is 6.11. The maximum Gasteiger partial charge on any atom is 0.254 e. The van der Waals surface area contributed by atoms with Gasteiger partial charge in [-0.05, 0) is 31.0 Å². The summed E-state index contributed by atoms with van der Waals surface area (Å²) in [5.41, 5.74) is 4.19. The number of methoxy groups -OCH3 is 1. The van der Waals surface area contributed by atoms with Gasteiger partial charge in [-0.2, -0.15) is 0 Å². The van der Waals surface area contributed by atoms with E-state index in [1.165, 1.54) is 18.0 Å². The van der Waals surface area contributed by atoms with Crippen LogP contribution in [0.15, 0.2) is 48.8 Å². The Morgan fingerprint density at radius 2 is 1.79 bits per heavy atom. The van der Waals surface area contributed by atoms with Crippen LogP contribution >= 0.6 is 11.6 Å². The lowest BCUT2D eigenvalue weighted by molar-refractivity contribution is 0.0950. The molecule has 0 bridgehead atoms. The number of anilines is 2. The highest BCUT2D eigenvalue weighted by Gasteiger charge is 2.10. The first-order valence-corrected chi connectivity index (χ1v) is 9.11. The highest BCUT2D eigenvalue weighted by atomic mass is 35.5. The number of ether oxygens (including phenoxy) is 1. The first kappa shape index (κ1) is 19.6. The van der Waals surface area contributed by atoms with Crippen molar-refractivity contribution in [2.24, 2.45) is 0 Å². The highest BCUT2D eigenvalue weighted by molar-refractivity contribution is 6.31. The zero-order valence-corrected chi connectivity index (χ0v) is 16.7. The van der Waals surface area contributed by atoms with Gasteiger partial charge in [0.25, 0.3) is 5.91 Å². The number of nitrogens with zero attached hydrogens (tertiary/aromatic N) is 2. The largest absolute Gasteiger partial charge is 0.495 e. The number of carbonyl (C=O) groups excluding carboxylic acids is 1. The van der Waals surface area contributed by atoms with E-state index in [9.17, 15) is 4.79 Å². The van der Waals surface area contributed by atoms with E-state index in [2.05, 4.69) is 20.6 Å². The van der Waals surface area contributed by atoms with Gasteiger partial charge >= 0.3 is 0 Å². The van der Waals surface area contributed by atoms with Gasteiger partial charge in [-0.1, -0.05) is 41.4 Å². The lowest BCUT2D eigenvalue weighted by Gasteiger charge is -2.12. The zero-order chi connectivity index (χ0) is 20.1. The van der Waals surface area contributed by atoms with Crippen molar-refractivity contribution in [3.8, 4) is 5.75 Å². The molecular weight excluding hydrogens is 376 g/mol. The molecule has 0 aliphatic rings. The Morgan fingerprint density at radius 3 is 2.43 bits per heavy atom. The number of halogens is 1. The number of benzene rings is 2. The van der Waals surface area contributed by atoms with Crippen LogP contribution in [0.25, 0.3) is 0 Å². The van der Waals surface area contributed by atoms with Crippen molar-refractivity contribution < 1.29 is 9.53 Å². The van der Waals surface area contributed by atoms with Crippen LogP contribution in [-0.2, 0) is 6.54 Å². The molecule has 3 aromatic rings. The molecule has 1 aromatic heterocycles. The van der Waals surface area contributed by atoms with Crippen LogP contribution in [0, 0.1) is 13.8 Å². The van der Waals surface area contributed by atoms with Gasteiger partial charge in [0.2, 0.25) is 5.95 Å². The number of nitrogens with one attached hydrogen (secondary N) is 2. The molecule has 144 valence electrons. The molecule has 0 atom stereocenters. The lowest BCUT2D eigenvalue weighted by Crippen LogP contribution is -2.23. The summed E-state index contributed by atoms with van der Waals surface area (Å²) >= 11 is 6.12. The second-order valence-corrected chi connectivity index (χ2v) is 6.80. The quantitative estimate of drug-likeness (QED) is 0.644. The summed E-state index contributed by atoms with van der Waals surface area (Å²) in [7, 11) is 1.56. The highest BCUT2D eigenvalue weighted by Crippen LogP contribution is 2.32. The summed E-state index contributed by atoms with van der Waals surface area (Å²) < 4.78 is 5.33. The number of hydrogen-bond donors (Lipinski definition) is 2. The molecule has 0 unspecified atom stereocenters. The number of amides is 1. The predicted octanol–water partition coefficient (Wildman–Crippen LogP) is 4.43. The van der Waals surface area contributed by atoms with Crippen molar-refractivity contribution in [1.82, 2.24) is 15.3 Å². The lowest BCUT2D eigenvalue weighted by atomic mass is 10.1. The molecule has 0 spiro atoms. The molecule has 2 aromatic carbocycles. The molecule has 0 aliphatic heterocycles. The molecule has 1 amide bonds. The summed E-state index contributed by atoms with van der Waals surface area (Å²) in [5.74, 6) is 0.710. The van der Waals surface area contributed by atoms with Gasteiger partial charge in [0.15, 0.2) is 0 Å². The van der Waals surface area contributed by atoms with Gasteiger partial charge in [-0.3, -0.25) is 4.79 Å². The summed E-state index contributed by atoms with van der Waals surface area (Å²) in [6.07, 6.45) is 2.96. The third-order valence-electron chi connectivity index (χ3n) is 4.21. The van der Waals surface area contributed by atoms with Crippen LogP contribution in [0.1, 0.15) is 27.0 Å². The molecule has 3 rings (SSSR count). The average molecular weight is 397 g/mol. The Balaban J connectivity index is 1.65. The molecule has 0 saturated heterocycles. The Bertz CT molecular complexity index is 973. The second-order valence-electron chi connectivity index (χ2n) is 6.39. The third kappa shape index (κ3) is 4.78. The summed E-state index contributed by atoms with van der Waals surface area (Å²) in [6, 6.07) is 11.6. The van der Waals surface area contributed by atoms with Crippen LogP contribution in [-0.4, -0.2) is 23.0 Å². The van der Waals surface area contributed by atoms with Gasteiger partial charge in [0, 0.05) is 30.0 Å². The standard InChI is InChI=1S/C21H21ClN4O2/c1-13-4-6-15(7-5-13)10-23-20(27)16-11-24-21(25-12-16)26-18-8-14(2)17(22)9-19(18)28-3/h4-9,11-12H,10H2,1-3H3,(H,23,27)(H,24,25,26). The van der Waals surface area contributed by atoms with Crippen LogP contribution < -0.4 is 15.4 Å². The smallest absolute Gasteiger partial charge is 0.254 e. The van der Waals surface area contributed by atoms with E-state index in [0.29, 0.717) is 34.5 Å². The minimum absolute atomic E-state index is 0.230. The van der Waals surface area contributed by atoms with E-state index in [4.69, 9.17) is 16.3 Å². The molecule has 0 radical (unpaired) electrons. The van der Waals surface area contributed by atoms with Gasteiger partial charge < -0.3 is 15.4 Å². The van der Waals surface area contributed by atoms with E-state index >= 15 is 0 Å². The maximum absolute atomic E-state index is 12.3. The monoisotopic (exact) mass is 396 g/mol. The van der Waals surface area contributed by atoms with Crippen LogP contribution in [0.3, 0.4) is 0 Å². The summed E-state index contributed by atoms with van der Waals surface area (Å²) in [6.45, 7) is 4.37. The number of rotatable bonds is 6. The average Bonchev–Trinajstić information content (AvgIpc) is 2.70. The van der Waals surface area contributed by atoms with Crippen molar-refractivity contribution in [2.45, 2.75) is 20.4 Å². The fourth-order valence-corrected chi connectivity index (χ4v) is 2.70. The predicted molar refractivity (Wildman–Crippen MR) is 110 cm³/mol. The first-order valence-electron chi connectivity index (χ1n) is 8.73. The normalized spacial score (nSPS) is 10.4. The number of aromatic nitrogens is 2. The van der Waals surface area contributed by atoms with E-state index in [-0.39, 0.29) is 5.91 Å². The minimum Gasteiger partial charge on any atom is -0.495 e. The van der Waals surface area contributed by atoms with Crippen molar-refractivity contribution in [3.05, 3.63) is 76.1 Å². The van der Waals surface area contributed by atoms with Gasteiger partial charge in [-0.25, -0.2) is 9.97 Å². The summed E-state index contributed by atoms with van der Waals surface area (Å²) in [5, 5.41) is 6.56. The van der Waals surface area contributed by atoms with Crippen molar-refractivity contribution in [2.75, 3.05) is 12.4 Å². The first-order chi connectivity index (χ1) is 13.5. The summed E-state index contributed by atoms with van der Waals surface area (Å²) in [4.78, 5) is 20.7. The molecule has 0 fully saturated rings.